The van der Waals surface area contributed by atoms with E-state index in [1.165, 1.54) is 6.07 Å². The van der Waals surface area contributed by atoms with Gasteiger partial charge in [-0.25, -0.2) is 16.8 Å². The normalized spacial score (nSPS) is 22.8. The van der Waals surface area contributed by atoms with Crippen LogP contribution in [-0.2, 0) is 26.2 Å². The fourth-order valence-electron chi connectivity index (χ4n) is 2.88. The van der Waals surface area contributed by atoms with Crippen molar-refractivity contribution < 1.29 is 21.6 Å². The number of nitrogens with one attached hydrogen (secondary N) is 1. The Kier molecular flexibility index (Phi) is 5.19. The molecule has 1 fully saturated rings. The van der Waals surface area contributed by atoms with Crippen LogP contribution in [0.15, 0.2) is 46.0 Å². The van der Waals surface area contributed by atoms with Crippen molar-refractivity contribution >= 4 is 31.0 Å². The average molecular weight is 402 g/mol. The Balaban J connectivity index is 1.78. The van der Waals surface area contributed by atoms with Gasteiger partial charge in [-0.15, -0.1) is 11.3 Å². The fraction of sp³-hybridized carbons (Fsp3) is 0.375. The molecule has 136 valence electrons. The van der Waals surface area contributed by atoms with Crippen molar-refractivity contribution in [2.45, 2.75) is 22.0 Å². The van der Waals surface area contributed by atoms with Crippen LogP contribution in [0, 0.1) is 0 Å². The largest absolute Gasteiger partial charge is 0.497 e. The lowest BCUT2D eigenvalue weighted by atomic mass is 10.2. The number of sulfone groups is 2. The maximum atomic E-state index is 12.8. The van der Waals surface area contributed by atoms with Crippen molar-refractivity contribution in [3.05, 3.63) is 47.3 Å². The lowest BCUT2D eigenvalue weighted by Gasteiger charge is -2.19. The topological polar surface area (TPSA) is 89.5 Å². The van der Waals surface area contributed by atoms with Gasteiger partial charge in [0.05, 0.1) is 23.9 Å². The number of ether oxygens (including phenoxy) is 1. The van der Waals surface area contributed by atoms with Gasteiger partial charge in [-0.2, -0.15) is 0 Å². The van der Waals surface area contributed by atoms with Crippen molar-refractivity contribution in [2.75, 3.05) is 18.6 Å². The average Bonchev–Trinajstić information content (AvgIpc) is 3.21. The Bertz CT molecular complexity index is 919. The van der Waals surface area contributed by atoms with Crippen molar-refractivity contribution in [1.29, 1.82) is 0 Å². The minimum absolute atomic E-state index is 0.168. The predicted octanol–water partition coefficient (Wildman–Crippen LogP) is 1.49. The van der Waals surface area contributed by atoms with E-state index in [9.17, 15) is 16.8 Å². The molecule has 2 atom stereocenters. The zero-order chi connectivity index (χ0) is 18.1. The quantitative estimate of drug-likeness (QED) is 0.789. The van der Waals surface area contributed by atoms with Crippen LogP contribution in [0.3, 0.4) is 0 Å². The monoisotopic (exact) mass is 401 g/mol. The molecule has 1 aromatic heterocycles. The maximum Gasteiger partial charge on any atom is 0.193 e. The van der Waals surface area contributed by atoms with E-state index in [1.54, 1.807) is 18.6 Å². The standard InChI is InChI=1S/C16H19NO5S3/c1-22-13-6-4-12(5-7-13)9-17-14-10-24(18,19)11-15(14)25(20,21)16-3-2-8-23-16/h2-8,14-15,17H,9-11H2,1H3/t14-,15-/m0/s1. The first kappa shape index (κ1) is 18.4. The lowest BCUT2D eigenvalue weighted by Crippen LogP contribution is -2.42. The highest BCUT2D eigenvalue weighted by Gasteiger charge is 2.45. The maximum absolute atomic E-state index is 12.8. The fourth-order valence-corrected chi connectivity index (χ4v) is 8.82. The summed E-state index contributed by atoms with van der Waals surface area (Å²) >= 11 is 1.11. The van der Waals surface area contributed by atoms with E-state index >= 15 is 0 Å². The van der Waals surface area contributed by atoms with Crippen LogP contribution in [-0.4, -0.2) is 46.7 Å². The van der Waals surface area contributed by atoms with Gasteiger partial charge in [0.2, 0.25) is 0 Å². The molecule has 0 amide bonds. The number of methoxy groups -OCH3 is 1. The Labute approximate surface area is 151 Å². The van der Waals surface area contributed by atoms with Crippen molar-refractivity contribution in [1.82, 2.24) is 5.32 Å². The number of hydrogen-bond donors (Lipinski definition) is 1. The van der Waals surface area contributed by atoms with Gasteiger partial charge in [-0.05, 0) is 29.1 Å². The van der Waals surface area contributed by atoms with E-state index < -0.39 is 31.0 Å². The first-order valence-electron chi connectivity index (χ1n) is 7.66. The summed E-state index contributed by atoms with van der Waals surface area (Å²) in [5.41, 5.74) is 0.928. The summed E-state index contributed by atoms with van der Waals surface area (Å²) < 4.78 is 55.0. The van der Waals surface area contributed by atoms with Gasteiger partial charge in [0.15, 0.2) is 19.7 Å². The van der Waals surface area contributed by atoms with E-state index in [2.05, 4.69) is 5.32 Å². The summed E-state index contributed by atoms with van der Waals surface area (Å²) in [5.74, 6) is 0.219. The minimum atomic E-state index is -3.67. The molecule has 0 unspecified atom stereocenters. The number of rotatable bonds is 6. The molecular formula is C16H19NO5S3. The van der Waals surface area contributed by atoms with Gasteiger partial charge in [0, 0.05) is 12.6 Å². The lowest BCUT2D eigenvalue weighted by molar-refractivity contribution is 0.414. The van der Waals surface area contributed by atoms with Gasteiger partial charge >= 0.3 is 0 Å². The van der Waals surface area contributed by atoms with Crippen molar-refractivity contribution in [2.24, 2.45) is 0 Å². The molecule has 25 heavy (non-hydrogen) atoms. The van der Waals surface area contributed by atoms with Crippen LogP contribution in [0.5, 0.6) is 5.75 Å². The SMILES string of the molecule is COc1ccc(CN[C@H]2CS(=O)(=O)C[C@@H]2S(=O)(=O)c2cccs2)cc1. The molecular weight excluding hydrogens is 382 g/mol. The van der Waals surface area contributed by atoms with Crippen LogP contribution in [0.4, 0.5) is 0 Å². The second kappa shape index (κ2) is 7.06. The number of thiophene rings is 1. The molecule has 2 aromatic rings. The number of hydrogen-bond acceptors (Lipinski definition) is 7. The molecule has 1 aliphatic heterocycles. The number of benzene rings is 1. The van der Waals surface area contributed by atoms with Crippen molar-refractivity contribution in [3.63, 3.8) is 0 Å². The van der Waals surface area contributed by atoms with E-state index in [0.717, 1.165) is 22.6 Å². The molecule has 9 heteroatoms. The third kappa shape index (κ3) is 4.05. The summed E-state index contributed by atoms with van der Waals surface area (Å²) in [4.78, 5) is 0. The Morgan fingerprint density at radius 2 is 1.92 bits per heavy atom. The predicted molar refractivity (Wildman–Crippen MR) is 97.6 cm³/mol. The van der Waals surface area contributed by atoms with E-state index in [0.29, 0.717) is 6.54 Å². The van der Waals surface area contributed by atoms with Crippen LogP contribution in [0.1, 0.15) is 5.56 Å². The highest BCUT2D eigenvalue weighted by atomic mass is 32.2. The minimum Gasteiger partial charge on any atom is -0.497 e. The van der Waals surface area contributed by atoms with Gasteiger partial charge in [-0.1, -0.05) is 18.2 Å². The van der Waals surface area contributed by atoms with Crippen molar-refractivity contribution in [3.8, 4) is 5.75 Å². The van der Waals surface area contributed by atoms with E-state index in [1.807, 2.05) is 24.3 Å². The van der Waals surface area contributed by atoms with Gasteiger partial charge in [-0.3, -0.25) is 0 Å². The molecule has 0 spiro atoms. The third-order valence-electron chi connectivity index (χ3n) is 4.20. The Hall–Kier alpha value is -1.42. The highest BCUT2D eigenvalue weighted by molar-refractivity contribution is 7.97. The van der Waals surface area contributed by atoms with Gasteiger partial charge in [0.1, 0.15) is 9.96 Å². The summed E-state index contributed by atoms with van der Waals surface area (Å²) in [5, 5.41) is 3.83. The molecule has 1 aliphatic rings. The van der Waals surface area contributed by atoms with E-state index in [-0.39, 0.29) is 15.7 Å². The van der Waals surface area contributed by atoms with Crippen LogP contribution >= 0.6 is 11.3 Å². The molecule has 1 saturated heterocycles. The zero-order valence-corrected chi connectivity index (χ0v) is 16.0. The molecule has 0 saturated carbocycles. The van der Waals surface area contributed by atoms with E-state index in [4.69, 9.17) is 4.74 Å². The molecule has 0 aliphatic carbocycles. The summed E-state index contributed by atoms with van der Waals surface area (Å²) in [7, 11) is -5.48. The molecule has 1 aromatic carbocycles. The molecule has 0 bridgehead atoms. The molecule has 3 rings (SSSR count). The van der Waals surface area contributed by atoms with Crippen LogP contribution < -0.4 is 10.1 Å². The highest BCUT2D eigenvalue weighted by Crippen LogP contribution is 2.28. The zero-order valence-electron chi connectivity index (χ0n) is 13.6. The second-order valence-electron chi connectivity index (χ2n) is 5.93. The second-order valence-corrected chi connectivity index (χ2v) is 11.4. The molecule has 0 radical (unpaired) electrons. The molecule has 6 nitrogen and oxygen atoms in total. The first-order valence-corrected chi connectivity index (χ1v) is 11.9. The third-order valence-corrected chi connectivity index (χ3v) is 9.78. The van der Waals surface area contributed by atoms with Crippen LogP contribution in [0.25, 0.3) is 0 Å². The summed E-state index contributed by atoms with van der Waals surface area (Å²) in [6, 6.07) is 9.88. The molecule has 1 N–H and O–H groups in total. The van der Waals surface area contributed by atoms with Gasteiger partial charge < -0.3 is 10.1 Å². The Morgan fingerprint density at radius 3 is 2.52 bits per heavy atom. The molecule has 2 heterocycles. The Morgan fingerprint density at radius 1 is 1.20 bits per heavy atom. The summed E-state index contributed by atoms with van der Waals surface area (Å²) in [6.07, 6.45) is 0. The van der Waals surface area contributed by atoms with Gasteiger partial charge in [0.25, 0.3) is 0 Å². The summed E-state index contributed by atoms with van der Waals surface area (Å²) in [6.45, 7) is 0.390. The first-order chi connectivity index (χ1) is 11.8. The van der Waals surface area contributed by atoms with Crippen LogP contribution in [0.2, 0.25) is 0 Å². The smallest absolute Gasteiger partial charge is 0.193 e.